The van der Waals surface area contributed by atoms with Crippen molar-refractivity contribution in [3.05, 3.63) is 35.4 Å². The van der Waals surface area contributed by atoms with Crippen molar-refractivity contribution in [2.75, 3.05) is 0 Å². The summed E-state index contributed by atoms with van der Waals surface area (Å²) >= 11 is 0. The van der Waals surface area contributed by atoms with Gasteiger partial charge in [-0.25, -0.2) is 0 Å². The van der Waals surface area contributed by atoms with Crippen LogP contribution in [-0.2, 0) is 4.79 Å². The van der Waals surface area contributed by atoms with Crippen molar-refractivity contribution < 1.29 is 9.59 Å². The van der Waals surface area contributed by atoms with Crippen molar-refractivity contribution in [2.45, 2.75) is 90.4 Å². The second kappa shape index (κ2) is 10.5. The molecule has 0 N–H and O–H groups in total. The molecule has 0 atom stereocenters. The van der Waals surface area contributed by atoms with Crippen molar-refractivity contribution in [3.8, 4) is 0 Å². The van der Waals surface area contributed by atoms with Crippen LogP contribution in [0.4, 0.5) is 0 Å². The number of carbonyl (C=O) groups excluding carboxylic acids is 2. The molecule has 138 valence electrons. The van der Waals surface area contributed by atoms with Crippen molar-refractivity contribution in [2.24, 2.45) is 5.92 Å². The molecule has 0 amide bonds. The topological polar surface area (TPSA) is 34.1 Å². The summed E-state index contributed by atoms with van der Waals surface area (Å²) in [5, 5.41) is 0. The van der Waals surface area contributed by atoms with E-state index in [0.29, 0.717) is 11.5 Å². The summed E-state index contributed by atoms with van der Waals surface area (Å²) in [6.45, 7) is 3.74. The van der Waals surface area contributed by atoms with Crippen molar-refractivity contribution in [1.29, 1.82) is 0 Å². The molecule has 0 spiro atoms. The van der Waals surface area contributed by atoms with Gasteiger partial charge in [-0.05, 0) is 50.0 Å². The number of benzene rings is 1. The first-order valence-electron chi connectivity index (χ1n) is 10.2. The molecule has 1 aliphatic carbocycles. The lowest BCUT2D eigenvalue weighted by molar-refractivity contribution is -0.116. The zero-order valence-corrected chi connectivity index (χ0v) is 16.1. The predicted molar refractivity (Wildman–Crippen MR) is 104 cm³/mol. The normalized spacial score (nSPS) is 20.4. The first kappa shape index (κ1) is 19.9. The predicted octanol–water partition coefficient (Wildman–Crippen LogP) is 6.48. The van der Waals surface area contributed by atoms with Gasteiger partial charge >= 0.3 is 0 Å². The first-order chi connectivity index (χ1) is 12.1. The van der Waals surface area contributed by atoms with Gasteiger partial charge in [0.1, 0.15) is 5.78 Å². The first-order valence-corrected chi connectivity index (χ1v) is 10.2. The molecule has 0 aliphatic heterocycles. The Morgan fingerprint density at radius 3 is 2.16 bits per heavy atom. The fourth-order valence-electron chi connectivity index (χ4n) is 4.09. The van der Waals surface area contributed by atoms with E-state index in [1.807, 2.05) is 12.1 Å². The van der Waals surface area contributed by atoms with Gasteiger partial charge in [0.25, 0.3) is 0 Å². The molecule has 2 rings (SSSR count). The highest BCUT2D eigenvalue weighted by molar-refractivity contribution is 6.07. The smallest absolute Gasteiger partial charge is 0.170 e. The average Bonchev–Trinajstić information content (AvgIpc) is 2.62. The van der Waals surface area contributed by atoms with Gasteiger partial charge in [-0.15, -0.1) is 0 Å². The highest BCUT2D eigenvalue weighted by Crippen LogP contribution is 2.37. The third-order valence-corrected chi connectivity index (χ3v) is 5.68. The van der Waals surface area contributed by atoms with E-state index >= 15 is 0 Å². The Morgan fingerprint density at radius 2 is 1.56 bits per heavy atom. The van der Waals surface area contributed by atoms with Gasteiger partial charge in [0.05, 0.1) is 6.42 Å². The van der Waals surface area contributed by atoms with Gasteiger partial charge in [-0.1, -0.05) is 69.7 Å². The fraction of sp³-hybridized carbons (Fsp3) is 0.652. The van der Waals surface area contributed by atoms with Crippen LogP contribution in [0.3, 0.4) is 0 Å². The van der Waals surface area contributed by atoms with Crippen LogP contribution in [0.1, 0.15) is 106 Å². The monoisotopic (exact) mass is 342 g/mol. The number of Topliss-reactive ketones (excluding diaryl/α,β-unsaturated/α-hetero) is 2. The maximum atomic E-state index is 11.9. The molecule has 0 saturated heterocycles. The van der Waals surface area contributed by atoms with Gasteiger partial charge in [0, 0.05) is 5.56 Å². The van der Waals surface area contributed by atoms with Crippen molar-refractivity contribution in [3.63, 3.8) is 0 Å². The van der Waals surface area contributed by atoms with Crippen molar-refractivity contribution >= 4 is 11.6 Å². The molecule has 0 aromatic heterocycles. The standard InChI is InChI=1S/C23H34O2/c1-3-4-5-6-7-8-19-9-11-20(12-10-19)21-13-15-22(16-14-21)23(25)17-18(2)24/h13-16,19-20H,3-12,17H2,1-2H3/t19-,20-. The molecule has 0 radical (unpaired) electrons. The Balaban J connectivity index is 1.75. The van der Waals surface area contributed by atoms with Crippen LogP contribution in [0.5, 0.6) is 0 Å². The molecule has 0 unspecified atom stereocenters. The molecule has 0 bridgehead atoms. The van der Waals surface area contributed by atoms with E-state index in [4.69, 9.17) is 0 Å². The molecule has 25 heavy (non-hydrogen) atoms. The van der Waals surface area contributed by atoms with Crippen LogP contribution >= 0.6 is 0 Å². The second-order valence-corrected chi connectivity index (χ2v) is 7.84. The zero-order valence-electron chi connectivity index (χ0n) is 16.1. The van der Waals surface area contributed by atoms with Crippen LogP contribution in [0.15, 0.2) is 24.3 Å². The lowest BCUT2D eigenvalue weighted by atomic mass is 9.77. The van der Waals surface area contributed by atoms with Gasteiger partial charge < -0.3 is 0 Å². The van der Waals surface area contributed by atoms with Crippen LogP contribution in [-0.4, -0.2) is 11.6 Å². The zero-order chi connectivity index (χ0) is 18.1. The molecule has 2 heteroatoms. The molecule has 1 aromatic rings. The van der Waals surface area contributed by atoms with E-state index in [0.717, 1.165) is 5.92 Å². The molecular weight excluding hydrogens is 308 g/mol. The maximum absolute atomic E-state index is 11.9. The quantitative estimate of drug-likeness (QED) is 0.277. The Morgan fingerprint density at radius 1 is 0.920 bits per heavy atom. The number of hydrogen-bond donors (Lipinski definition) is 0. The maximum Gasteiger partial charge on any atom is 0.170 e. The summed E-state index contributed by atoms with van der Waals surface area (Å²) < 4.78 is 0. The lowest BCUT2D eigenvalue weighted by Gasteiger charge is -2.29. The van der Waals surface area contributed by atoms with E-state index in [1.54, 1.807) is 0 Å². The van der Waals surface area contributed by atoms with Crippen LogP contribution < -0.4 is 0 Å². The summed E-state index contributed by atoms with van der Waals surface area (Å²) in [5.74, 6) is 1.44. The molecular formula is C23H34O2. The summed E-state index contributed by atoms with van der Waals surface area (Å²) in [5.41, 5.74) is 2.03. The number of carbonyl (C=O) groups is 2. The molecule has 1 saturated carbocycles. The minimum Gasteiger partial charge on any atom is -0.300 e. The van der Waals surface area contributed by atoms with Crippen molar-refractivity contribution in [1.82, 2.24) is 0 Å². The largest absolute Gasteiger partial charge is 0.300 e. The van der Waals surface area contributed by atoms with Gasteiger partial charge in [-0.3, -0.25) is 9.59 Å². The molecule has 1 aromatic carbocycles. The number of hydrogen-bond acceptors (Lipinski definition) is 2. The Labute approximate surface area is 153 Å². The molecule has 1 fully saturated rings. The second-order valence-electron chi connectivity index (χ2n) is 7.84. The average molecular weight is 343 g/mol. The summed E-state index contributed by atoms with van der Waals surface area (Å²) in [6, 6.07) is 8.01. The van der Waals surface area contributed by atoms with Crippen LogP contribution in [0.2, 0.25) is 0 Å². The van der Waals surface area contributed by atoms with E-state index in [2.05, 4.69) is 19.1 Å². The number of unbranched alkanes of at least 4 members (excludes halogenated alkanes) is 4. The van der Waals surface area contributed by atoms with Gasteiger partial charge in [-0.2, -0.15) is 0 Å². The molecule has 2 nitrogen and oxygen atoms in total. The van der Waals surface area contributed by atoms with Gasteiger partial charge in [0.2, 0.25) is 0 Å². The van der Waals surface area contributed by atoms with E-state index in [1.165, 1.54) is 76.7 Å². The number of ketones is 2. The Bertz CT molecular complexity index is 536. The van der Waals surface area contributed by atoms with Crippen LogP contribution in [0.25, 0.3) is 0 Å². The van der Waals surface area contributed by atoms with Crippen LogP contribution in [0, 0.1) is 5.92 Å². The molecule has 0 heterocycles. The van der Waals surface area contributed by atoms with E-state index in [-0.39, 0.29) is 18.0 Å². The van der Waals surface area contributed by atoms with Gasteiger partial charge in [0.15, 0.2) is 5.78 Å². The summed E-state index contributed by atoms with van der Waals surface area (Å²) in [6.07, 6.45) is 13.6. The minimum atomic E-state index is -0.0675. The third kappa shape index (κ3) is 6.76. The lowest BCUT2D eigenvalue weighted by Crippen LogP contribution is -2.13. The van der Waals surface area contributed by atoms with E-state index in [9.17, 15) is 9.59 Å². The Kier molecular flexibility index (Phi) is 8.37. The number of rotatable bonds is 10. The highest BCUT2D eigenvalue weighted by atomic mass is 16.1. The highest BCUT2D eigenvalue weighted by Gasteiger charge is 2.22. The summed E-state index contributed by atoms with van der Waals surface area (Å²) in [4.78, 5) is 23.0. The summed E-state index contributed by atoms with van der Waals surface area (Å²) in [7, 11) is 0. The minimum absolute atomic E-state index is 0.0166. The van der Waals surface area contributed by atoms with E-state index < -0.39 is 0 Å². The third-order valence-electron chi connectivity index (χ3n) is 5.68. The Hall–Kier alpha value is -1.44. The fourth-order valence-corrected chi connectivity index (χ4v) is 4.09. The SMILES string of the molecule is CCCCCCC[C@H]1CC[C@H](c2ccc(C(=O)CC(C)=O)cc2)CC1. The molecule has 1 aliphatic rings.